The minimum atomic E-state index is -0.686. The predicted octanol–water partition coefficient (Wildman–Crippen LogP) is 2.69. The van der Waals surface area contributed by atoms with Gasteiger partial charge in [0.25, 0.3) is 0 Å². The lowest BCUT2D eigenvalue weighted by molar-refractivity contribution is 0.0138. The standard InChI is InChI=1S/C14H20O2/c1-11-4-5-13(12(2)10-11)14(15)6-3-8-16-9-7-14/h4-5,10,15H,3,6-9H2,1-2H3. The fraction of sp³-hybridized carbons (Fsp3) is 0.571. The Labute approximate surface area is 97.3 Å². The van der Waals surface area contributed by atoms with Crippen molar-refractivity contribution in [3.8, 4) is 0 Å². The molecule has 0 saturated carbocycles. The third-order valence-electron chi connectivity index (χ3n) is 3.42. The summed E-state index contributed by atoms with van der Waals surface area (Å²) >= 11 is 0. The zero-order valence-corrected chi connectivity index (χ0v) is 10.1. The van der Waals surface area contributed by atoms with Crippen molar-refractivity contribution in [1.29, 1.82) is 0 Å². The summed E-state index contributed by atoms with van der Waals surface area (Å²) in [6.45, 7) is 5.58. The zero-order chi connectivity index (χ0) is 11.6. The Morgan fingerprint density at radius 3 is 2.75 bits per heavy atom. The Hall–Kier alpha value is -0.860. The Balaban J connectivity index is 2.33. The molecule has 1 aliphatic rings. The third kappa shape index (κ3) is 2.28. The van der Waals surface area contributed by atoms with Crippen LogP contribution in [-0.4, -0.2) is 18.3 Å². The van der Waals surface area contributed by atoms with Gasteiger partial charge < -0.3 is 9.84 Å². The van der Waals surface area contributed by atoms with E-state index in [1.54, 1.807) is 0 Å². The van der Waals surface area contributed by atoms with E-state index in [2.05, 4.69) is 32.0 Å². The first-order valence-corrected chi connectivity index (χ1v) is 6.00. The first kappa shape index (κ1) is 11.6. The van der Waals surface area contributed by atoms with Gasteiger partial charge in [-0.2, -0.15) is 0 Å². The molecule has 1 atom stereocenters. The summed E-state index contributed by atoms with van der Waals surface area (Å²) in [6, 6.07) is 6.28. The van der Waals surface area contributed by atoms with Crippen LogP contribution < -0.4 is 0 Å². The lowest BCUT2D eigenvalue weighted by Crippen LogP contribution is -2.27. The summed E-state index contributed by atoms with van der Waals surface area (Å²) in [4.78, 5) is 0. The van der Waals surface area contributed by atoms with Gasteiger partial charge in [0.2, 0.25) is 0 Å². The smallest absolute Gasteiger partial charge is 0.0921 e. The molecule has 1 aromatic rings. The summed E-state index contributed by atoms with van der Waals surface area (Å²) in [5.74, 6) is 0. The van der Waals surface area contributed by atoms with Gasteiger partial charge in [0.1, 0.15) is 0 Å². The second kappa shape index (κ2) is 4.56. The fourth-order valence-electron chi connectivity index (χ4n) is 2.54. The molecule has 88 valence electrons. The highest BCUT2D eigenvalue weighted by Crippen LogP contribution is 2.34. The second-order valence-electron chi connectivity index (χ2n) is 4.82. The summed E-state index contributed by atoms with van der Waals surface area (Å²) < 4.78 is 5.41. The number of aryl methyl sites for hydroxylation is 2. The first-order chi connectivity index (χ1) is 7.62. The summed E-state index contributed by atoms with van der Waals surface area (Å²) in [7, 11) is 0. The van der Waals surface area contributed by atoms with E-state index in [0.717, 1.165) is 25.0 Å². The van der Waals surface area contributed by atoms with E-state index in [0.29, 0.717) is 13.0 Å². The number of hydrogen-bond acceptors (Lipinski definition) is 2. The van der Waals surface area contributed by atoms with Gasteiger partial charge in [-0.15, -0.1) is 0 Å². The predicted molar refractivity (Wildman–Crippen MR) is 64.5 cm³/mol. The molecule has 1 N–H and O–H groups in total. The van der Waals surface area contributed by atoms with E-state index < -0.39 is 5.60 Å². The van der Waals surface area contributed by atoms with Gasteiger partial charge in [-0.05, 0) is 37.8 Å². The molecule has 2 rings (SSSR count). The van der Waals surface area contributed by atoms with Crippen LogP contribution in [0.15, 0.2) is 18.2 Å². The minimum Gasteiger partial charge on any atom is -0.385 e. The van der Waals surface area contributed by atoms with E-state index in [4.69, 9.17) is 4.74 Å². The molecule has 0 bridgehead atoms. The van der Waals surface area contributed by atoms with Crippen molar-refractivity contribution in [3.63, 3.8) is 0 Å². The second-order valence-corrected chi connectivity index (χ2v) is 4.82. The van der Waals surface area contributed by atoms with Crippen molar-refractivity contribution >= 4 is 0 Å². The van der Waals surface area contributed by atoms with Crippen LogP contribution in [-0.2, 0) is 10.3 Å². The molecule has 1 aromatic carbocycles. The van der Waals surface area contributed by atoms with Crippen LogP contribution in [0.1, 0.15) is 36.0 Å². The third-order valence-corrected chi connectivity index (χ3v) is 3.42. The lowest BCUT2D eigenvalue weighted by atomic mass is 9.84. The molecule has 2 nitrogen and oxygen atoms in total. The monoisotopic (exact) mass is 220 g/mol. The van der Waals surface area contributed by atoms with Crippen molar-refractivity contribution in [2.75, 3.05) is 13.2 Å². The van der Waals surface area contributed by atoms with Crippen molar-refractivity contribution in [2.45, 2.75) is 38.7 Å². The highest BCUT2D eigenvalue weighted by molar-refractivity contribution is 5.34. The molecule has 1 heterocycles. The molecule has 1 unspecified atom stereocenters. The molecule has 0 spiro atoms. The van der Waals surface area contributed by atoms with Crippen molar-refractivity contribution in [2.24, 2.45) is 0 Å². The van der Waals surface area contributed by atoms with Crippen LogP contribution >= 0.6 is 0 Å². The lowest BCUT2D eigenvalue weighted by Gasteiger charge is -2.28. The Morgan fingerprint density at radius 2 is 2.00 bits per heavy atom. The number of hydrogen-bond donors (Lipinski definition) is 1. The van der Waals surface area contributed by atoms with Crippen LogP contribution in [0, 0.1) is 13.8 Å². The molecule has 1 saturated heterocycles. The highest BCUT2D eigenvalue weighted by Gasteiger charge is 2.31. The Morgan fingerprint density at radius 1 is 1.19 bits per heavy atom. The van der Waals surface area contributed by atoms with Gasteiger partial charge in [0, 0.05) is 19.6 Å². The molecule has 0 aliphatic carbocycles. The van der Waals surface area contributed by atoms with Crippen LogP contribution in [0.4, 0.5) is 0 Å². The number of aliphatic hydroxyl groups is 1. The Kier molecular flexibility index (Phi) is 3.31. The van der Waals surface area contributed by atoms with Crippen LogP contribution in [0.2, 0.25) is 0 Å². The molecule has 0 amide bonds. The van der Waals surface area contributed by atoms with Crippen LogP contribution in [0.3, 0.4) is 0 Å². The largest absolute Gasteiger partial charge is 0.385 e. The van der Waals surface area contributed by atoms with Crippen molar-refractivity contribution in [1.82, 2.24) is 0 Å². The maximum Gasteiger partial charge on any atom is 0.0921 e. The van der Waals surface area contributed by atoms with E-state index in [1.807, 2.05) is 0 Å². The number of rotatable bonds is 1. The van der Waals surface area contributed by atoms with Gasteiger partial charge in [0.05, 0.1) is 5.60 Å². The molecule has 1 aliphatic heterocycles. The average molecular weight is 220 g/mol. The highest BCUT2D eigenvalue weighted by atomic mass is 16.5. The normalized spacial score (nSPS) is 26.4. The maximum absolute atomic E-state index is 10.7. The molecular formula is C14H20O2. The van der Waals surface area contributed by atoms with Gasteiger partial charge in [-0.25, -0.2) is 0 Å². The fourth-order valence-corrected chi connectivity index (χ4v) is 2.54. The van der Waals surface area contributed by atoms with Gasteiger partial charge >= 0.3 is 0 Å². The molecule has 2 heteroatoms. The maximum atomic E-state index is 10.7. The van der Waals surface area contributed by atoms with E-state index in [-0.39, 0.29) is 0 Å². The number of benzene rings is 1. The Bertz CT molecular complexity index is 363. The van der Waals surface area contributed by atoms with Crippen LogP contribution in [0.25, 0.3) is 0 Å². The quantitative estimate of drug-likeness (QED) is 0.788. The topological polar surface area (TPSA) is 29.5 Å². The van der Waals surface area contributed by atoms with E-state index >= 15 is 0 Å². The van der Waals surface area contributed by atoms with Crippen molar-refractivity contribution in [3.05, 3.63) is 34.9 Å². The van der Waals surface area contributed by atoms with Gasteiger partial charge in [-0.1, -0.05) is 23.8 Å². The van der Waals surface area contributed by atoms with Crippen molar-refractivity contribution < 1.29 is 9.84 Å². The summed E-state index contributed by atoms with van der Waals surface area (Å²) in [5, 5.41) is 10.7. The summed E-state index contributed by atoms with van der Waals surface area (Å²) in [6.07, 6.45) is 2.44. The molecule has 1 fully saturated rings. The average Bonchev–Trinajstić information content (AvgIpc) is 2.43. The number of ether oxygens (including phenoxy) is 1. The summed E-state index contributed by atoms with van der Waals surface area (Å²) in [5.41, 5.74) is 2.82. The van der Waals surface area contributed by atoms with E-state index in [9.17, 15) is 5.11 Å². The molecular weight excluding hydrogens is 200 g/mol. The SMILES string of the molecule is Cc1ccc(C2(O)CCCOCC2)c(C)c1. The molecule has 0 radical (unpaired) electrons. The molecule has 16 heavy (non-hydrogen) atoms. The van der Waals surface area contributed by atoms with E-state index in [1.165, 1.54) is 11.1 Å². The first-order valence-electron chi connectivity index (χ1n) is 6.00. The van der Waals surface area contributed by atoms with Crippen LogP contribution in [0.5, 0.6) is 0 Å². The zero-order valence-electron chi connectivity index (χ0n) is 10.1. The minimum absolute atomic E-state index is 0.657. The van der Waals surface area contributed by atoms with Gasteiger partial charge in [0.15, 0.2) is 0 Å². The van der Waals surface area contributed by atoms with Gasteiger partial charge in [-0.3, -0.25) is 0 Å². The molecule has 0 aromatic heterocycles.